The lowest BCUT2D eigenvalue weighted by Gasteiger charge is -2.29. The highest BCUT2D eigenvalue weighted by Gasteiger charge is 2.20. The fraction of sp³-hybridized carbons (Fsp3) is 0.182. The molecule has 156 valence electrons. The van der Waals surface area contributed by atoms with Crippen LogP contribution in [0.15, 0.2) is 47.3 Å². The van der Waals surface area contributed by atoms with Crippen molar-refractivity contribution in [3.05, 3.63) is 84.5 Å². The molecule has 0 aliphatic carbocycles. The van der Waals surface area contributed by atoms with E-state index in [9.17, 15) is 4.79 Å². The molecule has 3 heterocycles. The Balaban J connectivity index is 1.63. The quantitative estimate of drug-likeness (QED) is 0.417. The molecule has 0 spiro atoms. The molecule has 0 saturated heterocycles. The summed E-state index contributed by atoms with van der Waals surface area (Å²) in [6.07, 6.45) is 0.892. The number of fused-ring (bicyclic) bond motifs is 2. The molecule has 1 aliphatic heterocycles. The van der Waals surface area contributed by atoms with Gasteiger partial charge in [-0.3, -0.25) is 14.3 Å². The van der Waals surface area contributed by atoms with E-state index in [-0.39, 0.29) is 10.9 Å². The summed E-state index contributed by atoms with van der Waals surface area (Å²) in [7, 11) is 0. The fourth-order valence-electron chi connectivity index (χ4n) is 3.94. The second kappa shape index (κ2) is 7.75. The Hall–Kier alpha value is -2.74. The first-order valence-corrected chi connectivity index (χ1v) is 10.9. The summed E-state index contributed by atoms with van der Waals surface area (Å²) >= 11 is 17.9. The smallest absolute Gasteiger partial charge is 0.264 e. The van der Waals surface area contributed by atoms with Crippen molar-refractivity contribution in [2.45, 2.75) is 19.9 Å². The number of halogens is 2. The summed E-state index contributed by atoms with van der Waals surface area (Å²) < 4.78 is 2.03. The zero-order valence-electron chi connectivity index (χ0n) is 16.5. The SMILES string of the molecule is Cc1nc2nc(N3CCc4ccccc4C3)[nH]c(=O)c2c(=S)n1-c1ccc(Cl)c(Cl)c1. The molecule has 0 fully saturated rings. The van der Waals surface area contributed by atoms with Gasteiger partial charge in [0.2, 0.25) is 5.95 Å². The van der Waals surface area contributed by atoms with Crippen molar-refractivity contribution in [3.8, 4) is 5.69 Å². The topological polar surface area (TPSA) is 66.8 Å². The van der Waals surface area contributed by atoms with Gasteiger partial charge in [-0.2, -0.15) is 4.98 Å². The number of benzene rings is 2. The van der Waals surface area contributed by atoms with E-state index in [1.54, 1.807) is 22.8 Å². The van der Waals surface area contributed by atoms with Crippen molar-refractivity contribution in [3.63, 3.8) is 0 Å². The van der Waals surface area contributed by atoms with Crippen molar-refractivity contribution >= 4 is 52.4 Å². The average Bonchev–Trinajstić information content (AvgIpc) is 2.75. The molecular formula is C22H17Cl2N5OS. The lowest BCUT2D eigenvalue weighted by atomic mass is 10.0. The zero-order valence-corrected chi connectivity index (χ0v) is 18.9. The van der Waals surface area contributed by atoms with Crippen LogP contribution in [0.4, 0.5) is 5.95 Å². The molecule has 5 rings (SSSR count). The molecule has 0 bridgehead atoms. The van der Waals surface area contributed by atoms with Gasteiger partial charge in [0, 0.05) is 18.8 Å². The Bertz CT molecular complexity index is 1460. The molecule has 1 N–H and O–H groups in total. The first-order chi connectivity index (χ1) is 14.9. The summed E-state index contributed by atoms with van der Waals surface area (Å²) in [5.74, 6) is 1.10. The molecule has 4 aromatic rings. The molecule has 0 unspecified atom stereocenters. The molecule has 9 heteroatoms. The standard InChI is InChI=1S/C22H17Cl2N5OS/c1-12-25-19-18(21(31)29(12)15-6-7-16(23)17(24)10-15)20(30)27-22(26-19)28-9-8-13-4-2-3-5-14(13)11-28/h2-7,10H,8-9,11H2,1H3,(H,26,27,30). The molecular weight excluding hydrogens is 453 g/mol. The third-order valence-electron chi connectivity index (χ3n) is 5.49. The third-order valence-corrected chi connectivity index (χ3v) is 6.61. The number of H-pyrrole nitrogens is 1. The van der Waals surface area contributed by atoms with E-state index in [4.69, 9.17) is 35.4 Å². The fourth-order valence-corrected chi connectivity index (χ4v) is 4.65. The van der Waals surface area contributed by atoms with Crippen LogP contribution >= 0.6 is 35.4 Å². The lowest BCUT2D eigenvalue weighted by Crippen LogP contribution is -2.33. The van der Waals surface area contributed by atoms with Crippen LogP contribution in [0.3, 0.4) is 0 Å². The summed E-state index contributed by atoms with van der Waals surface area (Å²) in [5, 5.41) is 1.11. The number of aromatic amines is 1. The van der Waals surface area contributed by atoms with Crippen molar-refractivity contribution < 1.29 is 0 Å². The van der Waals surface area contributed by atoms with Crippen LogP contribution in [0.5, 0.6) is 0 Å². The highest BCUT2D eigenvalue weighted by molar-refractivity contribution is 7.71. The Morgan fingerprint density at radius 1 is 1.06 bits per heavy atom. The zero-order chi connectivity index (χ0) is 21.7. The van der Waals surface area contributed by atoms with E-state index < -0.39 is 0 Å². The molecule has 2 aromatic carbocycles. The molecule has 2 aromatic heterocycles. The second-order valence-electron chi connectivity index (χ2n) is 7.43. The minimum Gasteiger partial charge on any atom is -0.338 e. The predicted molar refractivity (Wildman–Crippen MR) is 126 cm³/mol. The summed E-state index contributed by atoms with van der Waals surface area (Å²) in [6, 6.07) is 13.5. The molecule has 0 atom stereocenters. The van der Waals surface area contributed by atoms with E-state index >= 15 is 0 Å². The Labute approximate surface area is 193 Å². The summed E-state index contributed by atoms with van der Waals surface area (Å²) in [5.41, 5.74) is 3.26. The summed E-state index contributed by atoms with van der Waals surface area (Å²) in [4.78, 5) is 27.2. The van der Waals surface area contributed by atoms with Gasteiger partial charge in [-0.05, 0) is 42.7 Å². The average molecular weight is 470 g/mol. The third kappa shape index (κ3) is 3.52. The Morgan fingerprint density at radius 3 is 2.61 bits per heavy atom. The molecule has 1 aliphatic rings. The number of hydrogen-bond donors (Lipinski definition) is 1. The number of aryl methyl sites for hydroxylation is 1. The maximum absolute atomic E-state index is 13.0. The molecule has 0 saturated carbocycles. The lowest BCUT2D eigenvalue weighted by molar-refractivity contribution is 0.707. The van der Waals surface area contributed by atoms with Gasteiger partial charge in [0.05, 0.1) is 10.0 Å². The van der Waals surface area contributed by atoms with E-state index in [2.05, 4.69) is 32.0 Å². The van der Waals surface area contributed by atoms with Crippen LogP contribution < -0.4 is 10.5 Å². The predicted octanol–water partition coefficient (Wildman–Crippen LogP) is 5.02. The number of aromatic nitrogens is 4. The van der Waals surface area contributed by atoms with Gasteiger partial charge in [-0.15, -0.1) is 0 Å². The van der Waals surface area contributed by atoms with E-state index in [1.165, 1.54) is 11.1 Å². The highest BCUT2D eigenvalue weighted by Crippen LogP contribution is 2.27. The minimum atomic E-state index is -0.315. The van der Waals surface area contributed by atoms with E-state index in [1.807, 2.05) is 19.1 Å². The van der Waals surface area contributed by atoms with Crippen LogP contribution in [-0.2, 0) is 13.0 Å². The molecule has 0 amide bonds. The van der Waals surface area contributed by atoms with Crippen LogP contribution in [0, 0.1) is 11.6 Å². The number of hydrogen-bond acceptors (Lipinski definition) is 5. The minimum absolute atomic E-state index is 0.271. The molecule has 6 nitrogen and oxygen atoms in total. The van der Waals surface area contributed by atoms with Gasteiger partial charge in [-0.25, -0.2) is 4.98 Å². The summed E-state index contributed by atoms with van der Waals surface area (Å²) in [6.45, 7) is 3.26. The van der Waals surface area contributed by atoms with Crippen LogP contribution in [-0.4, -0.2) is 26.1 Å². The van der Waals surface area contributed by atoms with Gasteiger partial charge in [0.25, 0.3) is 5.56 Å². The van der Waals surface area contributed by atoms with E-state index in [0.717, 1.165) is 13.0 Å². The van der Waals surface area contributed by atoms with Gasteiger partial charge in [0.15, 0.2) is 5.65 Å². The number of nitrogens with zero attached hydrogens (tertiary/aromatic N) is 4. The normalized spacial score (nSPS) is 13.5. The largest absolute Gasteiger partial charge is 0.338 e. The highest BCUT2D eigenvalue weighted by atomic mass is 35.5. The maximum Gasteiger partial charge on any atom is 0.264 e. The van der Waals surface area contributed by atoms with Gasteiger partial charge in [-0.1, -0.05) is 59.7 Å². The van der Waals surface area contributed by atoms with Crippen LogP contribution in [0.2, 0.25) is 10.0 Å². The van der Waals surface area contributed by atoms with E-state index in [0.29, 0.717) is 44.3 Å². The first kappa shape index (κ1) is 20.2. The monoisotopic (exact) mass is 469 g/mol. The van der Waals surface area contributed by atoms with Crippen molar-refractivity contribution in [1.82, 2.24) is 19.5 Å². The number of anilines is 1. The second-order valence-corrected chi connectivity index (χ2v) is 8.63. The Morgan fingerprint density at radius 2 is 1.84 bits per heavy atom. The van der Waals surface area contributed by atoms with Gasteiger partial charge < -0.3 is 4.90 Å². The van der Waals surface area contributed by atoms with Gasteiger partial charge in [0.1, 0.15) is 15.9 Å². The number of rotatable bonds is 2. The van der Waals surface area contributed by atoms with Crippen LogP contribution in [0.25, 0.3) is 16.7 Å². The van der Waals surface area contributed by atoms with Gasteiger partial charge >= 0.3 is 0 Å². The van der Waals surface area contributed by atoms with Crippen molar-refractivity contribution in [2.24, 2.45) is 0 Å². The number of nitrogens with one attached hydrogen (secondary N) is 1. The Kier molecular flexibility index (Phi) is 5.04. The van der Waals surface area contributed by atoms with Crippen LogP contribution in [0.1, 0.15) is 17.0 Å². The first-order valence-electron chi connectivity index (χ1n) is 9.73. The molecule has 31 heavy (non-hydrogen) atoms. The maximum atomic E-state index is 13.0. The van der Waals surface area contributed by atoms with Crippen molar-refractivity contribution in [1.29, 1.82) is 0 Å². The van der Waals surface area contributed by atoms with Crippen molar-refractivity contribution in [2.75, 3.05) is 11.4 Å². The molecule has 0 radical (unpaired) electrons.